The van der Waals surface area contributed by atoms with Crippen molar-refractivity contribution >= 4 is 5.69 Å². The van der Waals surface area contributed by atoms with Crippen molar-refractivity contribution in [2.75, 3.05) is 19.4 Å². The van der Waals surface area contributed by atoms with Crippen LogP contribution < -0.4 is 11.1 Å². The number of rotatable bonds is 1. The third-order valence-corrected chi connectivity index (χ3v) is 1.34. The van der Waals surface area contributed by atoms with Gasteiger partial charge in [0.25, 0.3) is 0 Å². The van der Waals surface area contributed by atoms with E-state index in [-0.39, 0.29) is 0 Å². The van der Waals surface area contributed by atoms with E-state index in [0.717, 1.165) is 0 Å². The maximum atomic E-state index is 4.50. The summed E-state index contributed by atoms with van der Waals surface area (Å²) in [7, 11) is 3.42. The minimum Gasteiger partial charge on any atom is -0.388 e. The highest BCUT2D eigenvalue weighted by Gasteiger charge is 1.83. The minimum atomic E-state index is 1.17. The van der Waals surface area contributed by atoms with Gasteiger partial charge >= 0.3 is 0 Å². The number of anilines is 1. The monoisotopic (exact) mass is 152 g/mol. The molecule has 0 heterocycles. The molecule has 0 saturated heterocycles. The molecule has 0 unspecified atom stereocenters. The van der Waals surface area contributed by atoms with Crippen LogP contribution in [0.25, 0.3) is 0 Å². The third kappa shape index (κ3) is 3.63. The van der Waals surface area contributed by atoms with Crippen LogP contribution in [-0.2, 0) is 0 Å². The molecule has 0 aliphatic carbocycles. The molecule has 0 radical (unpaired) electrons. The molecule has 1 rings (SSSR count). The van der Waals surface area contributed by atoms with E-state index >= 15 is 0 Å². The Morgan fingerprint density at radius 1 is 1.09 bits per heavy atom. The number of nitrogens with two attached hydrogens (primary N) is 1. The van der Waals surface area contributed by atoms with E-state index in [1.54, 1.807) is 0 Å². The lowest BCUT2D eigenvalue weighted by atomic mass is 10.2. The Hall–Kier alpha value is -1.02. The van der Waals surface area contributed by atoms with E-state index in [1.807, 2.05) is 7.05 Å². The molecule has 0 spiro atoms. The second-order valence-corrected chi connectivity index (χ2v) is 2.12. The molecule has 1 aromatic carbocycles. The lowest BCUT2D eigenvalue weighted by Gasteiger charge is -1.97. The summed E-state index contributed by atoms with van der Waals surface area (Å²) in [6.45, 7) is 2.08. The highest BCUT2D eigenvalue weighted by atomic mass is 14.8. The van der Waals surface area contributed by atoms with Gasteiger partial charge in [0, 0.05) is 12.7 Å². The molecule has 0 aliphatic rings. The molecule has 0 fully saturated rings. The van der Waals surface area contributed by atoms with Crippen molar-refractivity contribution < 1.29 is 0 Å². The summed E-state index contributed by atoms with van der Waals surface area (Å²) in [5, 5.41) is 3.05. The Labute approximate surface area is 68.4 Å². The molecule has 0 bridgehead atoms. The van der Waals surface area contributed by atoms with E-state index in [1.165, 1.54) is 18.3 Å². The van der Waals surface area contributed by atoms with Crippen LogP contribution >= 0.6 is 0 Å². The van der Waals surface area contributed by atoms with Gasteiger partial charge in [-0.05, 0) is 26.1 Å². The van der Waals surface area contributed by atoms with Gasteiger partial charge in [-0.2, -0.15) is 0 Å². The summed E-state index contributed by atoms with van der Waals surface area (Å²) in [6, 6.07) is 8.31. The van der Waals surface area contributed by atoms with Gasteiger partial charge < -0.3 is 11.1 Å². The Morgan fingerprint density at radius 2 is 1.55 bits per heavy atom. The molecule has 0 amide bonds. The summed E-state index contributed by atoms with van der Waals surface area (Å²) in [6.07, 6.45) is 0. The summed E-state index contributed by atoms with van der Waals surface area (Å²) < 4.78 is 0. The van der Waals surface area contributed by atoms with Crippen LogP contribution in [0.3, 0.4) is 0 Å². The molecule has 0 aromatic heterocycles. The van der Waals surface area contributed by atoms with Crippen molar-refractivity contribution in [1.29, 1.82) is 0 Å². The lowest BCUT2D eigenvalue weighted by Crippen LogP contribution is -1.85. The number of aryl methyl sites for hydroxylation is 1. The molecule has 62 valence electrons. The molecule has 3 N–H and O–H groups in total. The van der Waals surface area contributed by atoms with Gasteiger partial charge in [0.05, 0.1) is 0 Å². The van der Waals surface area contributed by atoms with Crippen molar-refractivity contribution in [3.8, 4) is 0 Å². The summed E-state index contributed by atoms with van der Waals surface area (Å²) >= 11 is 0. The first-order valence-electron chi connectivity index (χ1n) is 3.65. The zero-order chi connectivity index (χ0) is 8.69. The average Bonchev–Trinajstić information content (AvgIpc) is 2.10. The molecular weight excluding hydrogens is 136 g/mol. The fourth-order valence-corrected chi connectivity index (χ4v) is 0.720. The molecule has 2 nitrogen and oxygen atoms in total. The van der Waals surface area contributed by atoms with Crippen LogP contribution in [-0.4, -0.2) is 14.1 Å². The Morgan fingerprint density at radius 3 is 1.91 bits per heavy atom. The van der Waals surface area contributed by atoms with Gasteiger partial charge in [-0.3, -0.25) is 0 Å². The Kier molecular flexibility index (Phi) is 5.21. The molecule has 2 heteroatoms. The highest BCUT2D eigenvalue weighted by Crippen LogP contribution is 2.06. The van der Waals surface area contributed by atoms with Crippen molar-refractivity contribution in [3.63, 3.8) is 0 Å². The third-order valence-electron chi connectivity index (χ3n) is 1.34. The maximum Gasteiger partial charge on any atom is 0.0337 e. The first-order valence-corrected chi connectivity index (χ1v) is 3.65. The van der Waals surface area contributed by atoms with Crippen molar-refractivity contribution in [2.24, 2.45) is 5.73 Å². The summed E-state index contributed by atoms with van der Waals surface area (Å²) in [5.41, 5.74) is 6.97. The standard InChI is InChI=1S/C8H11N.CH5N/c1-7-3-5-8(9-2)6-4-7;1-2/h3-6,9H,1-2H3;2H2,1H3. The number of benzene rings is 1. The summed E-state index contributed by atoms with van der Waals surface area (Å²) in [5.74, 6) is 0. The predicted molar refractivity (Wildman–Crippen MR) is 50.8 cm³/mol. The number of hydrogen-bond acceptors (Lipinski definition) is 2. The van der Waals surface area contributed by atoms with Crippen LogP contribution in [0, 0.1) is 6.92 Å². The van der Waals surface area contributed by atoms with Gasteiger partial charge in [-0.25, -0.2) is 0 Å². The van der Waals surface area contributed by atoms with Gasteiger partial charge in [0.1, 0.15) is 0 Å². The van der Waals surface area contributed by atoms with Gasteiger partial charge in [0.2, 0.25) is 0 Å². The van der Waals surface area contributed by atoms with Crippen LogP contribution in [0.5, 0.6) is 0 Å². The van der Waals surface area contributed by atoms with E-state index in [2.05, 4.69) is 42.2 Å². The second-order valence-electron chi connectivity index (χ2n) is 2.12. The Bertz CT molecular complexity index is 179. The fraction of sp³-hybridized carbons (Fsp3) is 0.333. The van der Waals surface area contributed by atoms with Gasteiger partial charge in [0.15, 0.2) is 0 Å². The molecule has 0 aliphatic heterocycles. The van der Waals surface area contributed by atoms with Crippen LogP contribution in [0.15, 0.2) is 24.3 Å². The molecule has 11 heavy (non-hydrogen) atoms. The average molecular weight is 152 g/mol. The van der Waals surface area contributed by atoms with Crippen molar-refractivity contribution in [2.45, 2.75) is 6.92 Å². The predicted octanol–water partition coefficient (Wildman–Crippen LogP) is 1.61. The molecule has 1 aromatic rings. The van der Waals surface area contributed by atoms with Gasteiger partial charge in [-0.1, -0.05) is 17.7 Å². The summed E-state index contributed by atoms with van der Waals surface area (Å²) in [4.78, 5) is 0. The molecular formula is C9H16N2. The van der Waals surface area contributed by atoms with Crippen molar-refractivity contribution in [3.05, 3.63) is 29.8 Å². The smallest absolute Gasteiger partial charge is 0.0337 e. The first kappa shape index (κ1) is 9.98. The maximum absolute atomic E-state index is 4.50. The van der Waals surface area contributed by atoms with Crippen LogP contribution in [0.2, 0.25) is 0 Å². The van der Waals surface area contributed by atoms with Crippen LogP contribution in [0.4, 0.5) is 5.69 Å². The molecule has 0 atom stereocenters. The zero-order valence-electron chi connectivity index (χ0n) is 7.39. The van der Waals surface area contributed by atoms with Gasteiger partial charge in [-0.15, -0.1) is 0 Å². The Balaban J connectivity index is 0.000000461. The van der Waals surface area contributed by atoms with E-state index < -0.39 is 0 Å². The number of nitrogens with one attached hydrogen (secondary N) is 1. The SMILES string of the molecule is CN.CNc1ccc(C)cc1. The largest absolute Gasteiger partial charge is 0.388 e. The van der Waals surface area contributed by atoms with E-state index in [0.29, 0.717) is 0 Å². The minimum absolute atomic E-state index is 1.17. The topological polar surface area (TPSA) is 38.0 Å². The second kappa shape index (κ2) is 5.74. The number of hydrogen-bond donors (Lipinski definition) is 2. The quantitative estimate of drug-likeness (QED) is 0.641. The van der Waals surface area contributed by atoms with E-state index in [9.17, 15) is 0 Å². The normalized spacial score (nSPS) is 8.00. The van der Waals surface area contributed by atoms with E-state index in [4.69, 9.17) is 0 Å². The van der Waals surface area contributed by atoms with Crippen molar-refractivity contribution in [1.82, 2.24) is 0 Å². The molecule has 0 saturated carbocycles. The lowest BCUT2D eigenvalue weighted by molar-refractivity contribution is 1.44. The first-order chi connectivity index (χ1) is 5.33. The zero-order valence-corrected chi connectivity index (χ0v) is 7.39. The highest BCUT2D eigenvalue weighted by molar-refractivity contribution is 5.43. The van der Waals surface area contributed by atoms with Crippen LogP contribution in [0.1, 0.15) is 5.56 Å². The fourth-order valence-electron chi connectivity index (χ4n) is 0.720.